The molecule has 0 bridgehead atoms. The normalized spacial score (nSPS) is 13.0. The molecule has 8 nitrogen and oxygen atoms in total. The number of benzene rings is 2. The number of hydrogen-bond donors (Lipinski definition) is 3. The molecule has 12 heteroatoms. The Hall–Kier alpha value is -3.67. The first-order valence-corrected chi connectivity index (χ1v) is 12.0. The predicted molar refractivity (Wildman–Crippen MR) is 135 cm³/mol. The van der Waals surface area contributed by atoms with Gasteiger partial charge in [-0.3, -0.25) is 10.1 Å². The van der Waals surface area contributed by atoms with E-state index < -0.39 is 29.7 Å². The van der Waals surface area contributed by atoms with Gasteiger partial charge in [0.25, 0.3) is 0 Å². The van der Waals surface area contributed by atoms with Gasteiger partial charge in [0.1, 0.15) is 11.0 Å². The quantitative estimate of drug-likeness (QED) is 0.366. The van der Waals surface area contributed by atoms with Crippen molar-refractivity contribution in [2.24, 2.45) is 5.92 Å². The highest BCUT2D eigenvalue weighted by atomic mass is 32.1. The van der Waals surface area contributed by atoms with Crippen LogP contribution >= 0.6 is 11.3 Å². The maximum Gasteiger partial charge on any atom is 0.416 e. The van der Waals surface area contributed by atoms with Crippen LogP contribution in [-0.4, -0.2) is 42.3 Å². The Morgan fingerprint density at radius 1 is 1.06 bits per heavy atom. The molecule has 0 aliphatic rings. The van der Waals surface area contributed by atoms with E-state index in [2.05, 4.69) is 26.1 Å². The molecule has 0 aliphatic heterocycles. The second kappa shape index (κ2) is 11.4. The molecular formula is C24H27F3N6O2S. The Morgan fingerprint density at radius 2 is 1.75 bits per heavy atom. The smallest absolute Gasteiger partial charge is 0.378 e. The number of aromatic nitrogens is 2. The third-order valence-electron chi connectivity index (χ3n) is 5.52. The van der Waals surface area contributed by atoms with Gasteiger partial charge in [0, 0.05) is 31.0 Å². The molecule has 0 spiro atoms. The minimum atomic E-state index is -4.54. The summed E-state index contributed by atoms with van der Waals surface area (Å²) in [6.45, 7) is 3.64. The van der Waals surface area contributed by atoms with E-state index in [1.54, 1.807) is 6.92 Å². The number of carbonyl (C=O) groups is 2. The topological polar surface area (TPSA) is 99.2 Å². The lowest BCUT2D eigenvalue weighted by Gasteiger charge is -2.23. The van der Waals surface area contributed by atoms with Crippen molar-refractivity contribution in [1.82, 2.24) is 15.5 Å². The molecule has 0 fully saturated rings. The van der Waals surface area contributed by atoms with E-state index in [-0.39, 0.29) is 16.7 Å². The number of anilines is 3. The molecule has 3 N–H and O–H groups in total. The molecule has 3 amide bonds. The zero-order valence-corrected chi connectivity index (χ0v) is 21.0. The third kappa shape index (κ3) is 6.94. The summed E-state index contributed by atoms with van der Waals surface area (Å²) in [6.07, 6.45) is -3.97. The molecule has 36 heavy (non-hydrogen) atoms. The summed E-state index contributed by atoms with van der Waals surface area (Å²) in [4.78, 5) is 27.5. The Labute approximate surface area is 210 Å². The van der Waals surface area contributed by atoms with E-state index in [4.69, 9.17) is 0 Å². The molecular weight excluding hydrogens is 493 g/mol. The zero-order chi connectivity index (χ0) is 26.5. The van der Waals surface area contributed by atoms with Gasteiger partial charge in [0.2, 0.25) is 11.0 Å². The van der Waals surface area contributed by atoms with Crippen molar-refractivity contribution >= 4 is 39.8 Å². The van der Waals surface area contributed by atoms with Gasteiger partial charge >= 0.3 is 12.2 Å². The first-order valence-electron chi connectivity index (χ1n) is 11.1. The molecule has 0 saturated heterocycles. The van der Waals surface area contributed by atoms with E-state index in [0.717, 1.165) is 23.4 Å². The number of urea groups is 1. The molecule has 1 aromatic heterocycles. The van der Waals surface area contributed by atoms with Crippen LogP contribution in [0.4, 0.5) is 34.5 Å². The first-order chi connectivity index (χ1) is 17.0. The molecule has 0 saturated carbocycles. The maximum atomic E-state index is 13.0. The van der Waals surface area contributed by atoms with Gasteiger partial charge in [-0.05, 0) is 48.4 Å². The van der Waals surface area contributed by atoms with Crippen LogP contribution in [0.2, 0.25) is 0 Å². The second-order valence-electron chi connectivity index (χ2n) is 8.38. The lowest BCUT2D eigenvalue weighted by molar-refractivity contribution is -0.137. The van der Waals surface area contributed by atoms with Crippen LogP contribution in [0.15, 0.2) is 48.5 Å². The van der Waals surface area contributed by atoms with Crippen LogP contribution in [0, 0.1) is 5.92 Å². The van der Waals surface area contributed by atoms with E-state index in [1.807, 2.05) is 50.2 Å². The molecule has 0 aliphatic carbocycles. The van der Waals surface area contributed by atoms with Crippen LogP contribution < -0.4 is 20.9 Å². The van der Waals surface area contributed by atoms with Gasteiger partial charge in [-0.25, -0.2) is 4.79 Å². The highest BCUT2D eigenvalue weighted by Crippen LogP contribution is 2.31. The fourth-order valence-electron chi connectivity index (χ4n) is 3.26. The monoisotopic (exact) mass is 520 g/mol. The Balaban J connectivity index is 1.68. The second-order valence-corrected chi connectivity index (χ2v) is 9.36. The van der Waals surface area contributed by atoms with Crippen molar-refractivity contribution < 1.29 is 22.8 Å². The summed E-state index contributed by atoms with van der Waals surface area (Å²) < 4.78 is 38.8. The van der Waals surface area contributed by atoms with Crippen molar-refractivity contribution in [3.8, 4) is 10.6 Å². The highest BCUT2D eigenvalue weighted by molar-refractivity contribution is 7.18. The average molecular weight is 521 g/mol. The number of alkyl halides is 3. The van der Waals surface area contributed by atoms with Crippen molar-refractivity contribution in [2.45, 2.75) is 32.5 Å². The predicted octanol–water partition coefficient (Wildman–Crippen LogP) is 5.46. The number of nitrogens with zero attached hydrogens (tertiary/aromatic N) is 3. The molecule has 192 valence electrons. The van der Waals surface area contributed by atoms with Crippen LogP contribution in [0.5, 0.6) is 0 Å². The van der Waals surface area contributed by atoms with Crippen LogP contribution in [0.3, 0.4) is 0 Å². The van der Waals surface area contributed by atoms with Gasteiger partial charge in [0.05, 0.1) is 5.56 Å². The summed E-state index contributed by atoms with van der Waals surface area (Å²) >= 11 is 1.19. The van der Waals surface area contributed by atoms with Crippen LogP contribution in [0.25, 0.3) is 10.6 Å². The Bertz CT molecular complexity index is 1200. The highest BCUT2D eigenvalue weighted by Gasteiger charge is 2.31. The number of rotatable bonds is 8. The molecule has 2 unspecified atom stereocenters. The minimum absolute atomic E-state index is 0.0420. The summed E-state index contributed by atoms with van der Waals surface area (Å²) in [5, 5.41) is 16.6. The SMILES string of the molecule is CCC(C)C(NC(=O)Nc1cccc(C(F)(F)F)c1)C(=O)Nc1nnc(-c2ccc(N(C)C)cc2)s1. The van der Waals surface area contributed by atoms with Crippen molar-refractivity contribution in [2.75, 3.05) is 29.6 Å². The van der Waals surface area contributed by atoms with Crippen LogP contribution in [-0.2, 0) is 11.0 Å². The number of nitrogens with one attached hydrogen (secondary N) is 3. The van der Waals surface area contributed by atoms with Gasteiger partial charge in [-0.15, -0.1) is 10.2 Å². The van der Waals surface area contributed by atoms with E-state index in [0.29, 0.717) is 11.4 Å². The molecule has 2 aromatic carbocycles. The largest absolute Gasteiger partial charge is 0.416 e. The van der Waals surface area contributed by atoms with E-state index in [1.165, 1.54) is 23.5 Å². The van der Waals surface area contributed by atoms with Gasteiger partial charge < -0.3 is 15.5 Å². The summed E-state index contributed by atoms with van der Waals surface area (Å²) in [5.74, 6) is -0.766. The zero-order valence-electron chi connectivity index (χ0n) is 20.2. The average Bonchev–Trinajstić information content (AvgIpc) is 3.30. The summed E-state index contributed by atoms with van der Waals surface area (Å²) in [7, 11) is 3.88. The molecule has 1 heterocycles. The van der Waals surface area contributed by atoms with E-state index in [9.17, 15) is 22.8 Å². The fourth-order valence-corrected chi connectivity index (χ4v) is 4.01. The standard InChI is InChI=1S/C24H27F3N6O2S/c1-5-14(2)19(29-22(35)28-17-8-6-7-16(13-17)24(25,26)27)20(34)30-23-32-31-21(36-23)15-9-11-18(12-10-15)33(3)4/h6-14,19H,5H2,1-4H3,(H2,28,29,35)(H,30,32,34). The third-order valence-corrected chi connectivity index (χ3v) is 6.40. The fraction of sp³-hybridized carbons (Fsp3) is 0.333. The molecule has 3 rings (SSSR count). The molecule has 0 radical (unpaired) electrons. The van der Waals surface area contributed by atoms with Crippen LogP contribution in [0.1, 0.15) is 25.8 Å². The number of halogens is 3. The van der Waals surface area contributed by atoms with Gasteiger partial charge in [-0.2, -0.15) is 13.2 Å². The number of hydrogen-bond acceptors (Lipinski definition) is 6. The summed E-state index contributed by atoms with van der Waals surface area (Å²) in [5.41, 5.74) is 0.943. The maximum absolute atomic E-state index is 13.0. The molecule has 2 atom stereocenters. The lowest BCUT2D eigenvalue weighted by atomic mass is 9.98. The lowest BCUT2D eigenvalue weighted by Crippen LogP contribution is -2.49. The number of amides is 3. The first kappa shape index (κ1) is 26.9. The number of carbonyl (C=O) groups excluding carboxylic acids is 2. The Kier molecular flexibility index (Phi) is 8.51. The van der Waals surface area contributed by atoms with Crippen molar-refractivity contribution in [3.63, 3.8) is 0 Å². The van der Waals surface area contributed by atoms with Gasteiger partial charge in [-0.1, -0.05) is 37.7 Å². The van der Waals surface area contributed by atoms with Crippen molar-refractivity contribution in [3.05, 3.63) is 54.1 Å². The van der Waals surface area contributed by atoms with E-state index >= 15 is 0 Å². The van der Waals surface area contributed by atoms with Crippen molar-refractivity contribution in [1.29, 1.82) is 0 Å². The summed E-state index contributed by atoms with van der Waals surface area (Å²) in [6, 6.07) is 10.2. The molecule has 3 aromatic rings. The Morgan fingerprint density at radius 3 is 2.36 bits per heavy atom. The van der Waals surface area contributed by atoms with Gasteiger partial charge in [0.15, 0.2) is 0 Å². The minimum Gasteiger partial charge on any atom is -0.378 e.